The van der Waals surface area contributed by atoms with Crippen molar-refractivity contribution < 1.29 is 0 Å². The van der Waals surface area contributed by atoms with Gasteiger partial charge in [-0.25, -0.2) is 0 Å². The highest BCUT2D eigenvalue weighted by atomic mass is 15.3. The van der Waals surface area contributed by atoms with Gasteiger partial charge in [0, 0.05) is 6.04 Å². The minimum absolute atomic E-state index is 0.0756. The largest absolute Gasteiger partial charge is 0.313 e. The summed E-state index contributed by atoms with van der Waals surface area (Å²) in [4.78, 5) is 0. The second kappa shape index (κ2) is 3.35. The Morgan fingerprint density at radius 1 is 1.57 bits per heavy atom. The van der Waals surface area contributed by atoms with E-state index in [1.807, 2.05) is 6.33 Å². The van der Waals surface area contributed by atoms with Gasteiger partial charge in [0.2, 0.25) is 0 Å². The Morgan fingerprint density at radius 2 is 2.29 bits per heavy atom. The standard InChI is InChI=1S/C10H18N4/c1-4-11-10(2,3)9-13-12-7-14(9)8-5-6-8/h7-8,11H,4-6H2,1-3H3. The van der Waals surface area contributed by atoms with Crippen LogP contribution in [0.15, 0.2) is 6.33 Å². The molecule has 1 aliphatic carbocycles. The summed E-state index contributed by atoms with van der Waals surface area (Å²) in [5, 5.41) is 11.6. The summed E-state index contributed by atoms with van der Waals surface area (Å²) in [5.74, 6) is 1.06. The van der Waals surface area contributed by atoms with Crippen LogP contribution in [0.25, 0.3) is 0 Å². The molecule has 0 atom stereocenters. The fraction of sp³-hybridized carbons (Fsp3) is 0.800. The fourth-order valence-corrected chi connectivity index (χ4v) is 1.83. The highest BCUT2D eigenvalue weighted by molar-refractivity contribution is 5.05. The highest BCUT2D eigenvalue weighted by Crippen LogP contribution is 2.37. The molecule has 1 heterocycles. The lowest BCUT2D eigenvalue weighted by Gasteiger charge is -2.25. The molecule has 2 rings (SSSR count). The molecule has 0 saturated heterocycles. The van der Waals surface area contributed by atoms with E-state index in [1.165, 1.54) is 12.8 Å². The molecule has 0 radical (unpaired) electrons. The van der Waals surface area contributed by atoms with Crippen LogP contribution < -0.4 is 5.32 Å². The number of nitrogens with zero attached hydrogens (tertiary/aromatic N) is 3. The van der Waals surface area contributed by atoms with Gasteiger partial charge in [-0.1, -0.05) is 6.92 Å². The average molecular weight is 194 g/mol. The SMILES string of the molecule is CCNC(C)(C)c1nncn1C1CC1. The van der Waals surface area contributed by atoms with Crippen LogP contribution >= 0.6 is 0 Å². The van der Waals surface area contributed by atoms with Gasteiger partial charge in [0.25, 0.3) is 0 Å². The third-order valence-electron chi connectivity index (χ3n) is 2.69. The lowest BCUT2D eigenvalue weighted by Crippen LogP contribution is -2.38. The molecule has 4 nitrogen and oxygen atoms in total. The minimum atomic E-state index is -0.0756. The lowest BCUT2D eigenvalue weighted by atomic mass is 10.0. The second-order valence-corrected chi connectivity index (χ2v) is 4.45. The minimum Gasteiger partial charge on any atom is -0.313 e. The van der Waals surface area contributed by atoms with Crippen LogP contribution in [0.2, 0.25) is 0 Å². The first-order valence-corrected chi connectivity index (χ1v) is 5.30. The van der Waals surface area contributed by atoms with E-state index in [9.17, 15) is 0 Å². The van der Waals surface area contributed by atoms with Crippen LogP contribution in [0.1, 0.15) is 45.5 Å². The summed E-state index contributed by atoms with van der Waals surface area (Å²) < 4.78 is 2.21. The van der Waals surface area contributed by atoms with Crippen molar-refractivity contribution in [1.82, 2.24) is 20.1 Å². The molecule has 1 aliphatic rings. The number of rotatable bonds is 4. The first-order valence-electron chi connectivity index (χ1n) is 5.30. The van der Waals surface area contributed by atoms with Gasteiger partial charge in [-0.05, 0) is 33.2 Å². The van der Waals surface area contributed by atoms with Crippen LogP contribution in [0.4, 0.5) is 0 Å². The molecular formula is C10H18N4. The first kappa shape index (κ1) is 9.65. The number of aromatic nitrogens is 3. The van der Waals surface area contributed by atoms with Crippen molar-refractivity contribution in [3.05, 3.63) is 12.2 Å². The Morgan fingerprint density at radius 3 is 2.86 bits per heavy atom. The van der Waals surface area contributed by atoms with Gasteiger partial charge in [-0.15, -0.1) is 10.2 Å². The van der Waals surface area contributed by atoms with Gasteiger partial charge in [0.1, 0.15) is 6.33 Å². The second-order valence-electron chi connectivity index (χ2n) is 4.45. The maximum absolute atomic E-state index is 4.22. The van der Waals surface area contributed by atoms with E-state index in [1.54, 1.807) is 0 Å². The van der Waals surface area contributed by atoms with E-state index < -0.39 is 0 Å². The molecule has 1 fully saturated rings. The number of nitrogens with one attached hydrogen (secondary N) is 1. The van der Waals surface area contributed by atoms with Crippen LogP contribution in [-0.4, -0.2) is 21.3 Å². The summed E-state index contributed by atoms with van der Waals surface area (Å²) in [5.41, 5.74) is -0.0756. The Bertz CT molecular complexity index is 312. The smallest absolute Gasteiger partial charge is 0.152 e. The van der Waals surface area contributed by atoms with Crippen LogP contribution in [0, 0.1) is 0 Å². The zero-order valence-corrected chi connectivity index (χ0v) is 9.12. The van der Waals surface area contributed by atoms with Crippen molar-refractivity contribution in [3.8, 4) is 0 Å². The predicted molar refractivity (Wildman–Crippen MR) is 55.0 cm³/mol. The molecule has 0 spiro atoms. The van der Waals surface area contributed by atoms with Crippen molar-refractivity contribution >= 4 is 0 Å². The fourth-order valence-electron chi connectivity index (χ4n) is 1.83. The van der Waals surface area contributed by atoms with Gasteiger partial charge in [-0.3, -0.25) is 0 Å². The molecule has 0 bridgehead atoms. The summed E-state index contributed by atoms with van der Waals surface area (Å²) in [7, 11) is 0. The van der Waals surface area contributed by atoms with Gasteiger partial charge < -0.3 is 9.88 Å². The van der Waals surface area contributed by atoms with Crippen LogP contribution in [-0.2, 0) is 5.54 Å². The van der Waals surface area contributed by atoms with Crippen molar-refractivity contribution in [3.63, 3.8) is 0 Å². The van der Waals surface area contributed by atoms with E-state index in [-0.39, 0.29) is 5.54 Å². The van der Waals surface area contributed by atoms with Crippen molar-refractivity contribution in [2.24, 2.45) is 0 Å². The predicted octanol–water partition coefficient (Wildman–Crippen LogP) is 1.46. The normalized spacial score (nSPS) is 17.4. The van der Waals surface area contributed by atoms with E-state index in [0.717, 1.165) is 12.4 Å². The first-order chi connectivity index (χ1) is 6.65. The number of hydrogen-bond acceptors (Lipinski definition) is 3. The summed E-state index contributed by atoms with van der Waals surface area (Å²) in [6, 6.07) is 0.651. The summed E-state index contributed by atoms with van der Waals surface area (Å²) in [6.45, 7) is 7.36. The number of hydrogen-bond donors (Lipinski definition) is 1. The zero-order chi connectivity index (χ0) is 10.2. The van der Waals surface area contributed by atoms with Crippen molar-refractivity contribution in [2.45, 2.75) is 45.2 Å². The molecule has 14 heavy (non-hydrogen) atoms. The molecule has 1 aromatic rings. The van der Waals surface area contributed by atoms with E-state index >= 15 is 0 Å². The Hall–Kier alpha value is -0.900. The monoisotopic (exact) mass is 194 g/mol. The van der Waals surface area contributed by atoms with Gasteiger partial charge in [0.15, 0.2) is 5.82 Å². The molecular weight excluding hydrogens is 176 g/mol. The molecule has 0 aliphatic heterocycles. The average Bonchev–Trinajstić information content (AvgIpc) is 2.83. The highest BCUT2D eigenvalue weighted by Gasteiger charge is 2.32. The van der Waals surface area contributed by atoms with Gasteiger partial charge >= 0.3 is 0 Å². The van der Waals surface area contributed by atoms with Gasteiger partial charge in [0.05, 0.1) is 5.54 Å². The van der Waals surface area contributed by atoms with Crippen molar-refractivity contribution in [2.75, 3.05) is 6.54 Å². The molecule has 1 saturated carbocycles. The maximum atomic E-state index is 4.22. The summed E-state index contributed by atoms with van der Waals surface area (Å²) >= 11 is 0. The molecule has 4 heteroatoms. The van der Waals surface area contributed by atoms with E-state index in [0.29, 0.717) is 6.04 Å². The molecule has 1 aromatic heterocycles. The molecule has 0 amide bonds. The Balaban J connectivity index is 2.25. The van der Waals surface area contributed by atoms with Crippen LogP contribution in [0.3, 0.4) is 0 Å². The molecule has 0 aromatic carbocycles. The topological polar surface area (TPSA) is 42.7 Å². The van der Waals surface area contributed by atoms with Crippen molar-refractivity contribution in [1.29, 1.82) is 0 Å². The van der Waals surface area contributed by atoms with E-state index in [2.05, 4.69) is 40.9 Å². The molecule has 78 valence electrons. The molecule has 1 N–H and O–H groups in total. The quantitative estimate of drug-likeness (QED) is 0.789. The Kier molecular flexibility index (Phi) is 2.31. The lowest BCUT2D eigenvalue weighted by molar-refractivity contribution is 0.372. The van der Waals surface area contributed by atoms with E-state index in [4.69, 9.17) is 0 Å². The third kappa shape index (κ3) is 1.66. The van der Waals surface area contributed by atoms with Crippen LogP contribution in [0.5, 0.6) is 0 Å². The third-order valence-corrected chi connectivity index (χ3v) is 2.69. The molecule has 0 unspecified atom stereocenters. The summed E-state index contributed by atoms with van der Waals surface area (Å²) in [6.07, 6.45) is 4.40. The zero-order valence-electron chi connectivity index (χ0n) is 9.12. The Labute approximate surface area is 84.7 Å². The van der Waals surface area contributed by atoms with Gasteiger partial charge in [-0.2, -0.15) is 0 Å². The maximum Gasteiger partial charge on any atom is 0.152 e.